The van der Waals surface area contributed by atoms with E-state index in [1.54, 1.807) is 14.2 Å². The molecule has 1 aromatic rings. The standard InChI is InChI=1S/C17H29NO3/c1-4-5-6-7-10-18-14-15-8-9-16(17(13-15)20-3)21-12-11-19-2/h8-9,13,18H,4-7,10-12,14H2,1-3H3. The molecule has 0 bridgehead atoms. The van der Waals surface area contributed by atoms with E-state index in [0.717, 1.165) is 24.6 Å². The Labute approximate surface area is 128 Å². The summed E-state index contributed by atoms with van der Waals surface area (Å²) in [7, 11) is 3.33. The average molecular weight is 295 g/mol. The van der Waals surface area contributed by atoms with Gasteiger partial charge in [0.25, 0.3) is 0 Å². The lowest BCUT2D eigenvalue weighted by Gasteiger charge is -2.12. The zero-order valence-electron chi connectivity index (χ0n) is 13.6. The first-order valence-corrected chi connectivity index (χ1v) is 7.81. The number of hydrogen-bond donors (Lipinski definition) is 1. The van der Waals surface area contributed by atoms with Gasteiger partial charge in [-0.05, 0) is 30.7 Å². The molecule has 1 aromatic carbocycles. The summed E-state index contributed by atoms with van der Waals surface area (Å²) >= 11 is 0. The number of nitrogens with one attached hydrogen (secondary N) is 1. The maximum atomic E-state index is 5.62. The van der Waals surface area contributed by atoms with Crippen LogP contribution in [-0.2, 0) is 11.3 Å². The van der Waals surface area contributed by atoms with Gasteiger partial charge in [-0.3, -0.25) is 0 Å². The van der Waals surface area contributed by atoms with E-state index in [4.69, 9.17) is 14.2 Å². The monoisotopic (exact) mass is 295 g/mol. The molecule has 0 fully saturated rings. The maximum Gasteiger partial charge on any atom is 0.161 e. The molecule has 1 rings (SSSR count). The zero-order chi connectivity index (χ0) is 15.3. The fraction of sp³-hybridized carbons (Fsp3) is 0.647. The summed E-state index contributed by atoms with van der Waals surface area (Å²) in [5.41, 5.74) is 1.21. The van der Waals surface area contributed by atoms with Crippen molar-refractivity contribution in [2.45, 2.75) is 39.2 Å². The van der Waals surface area contributed by atoms with E-state index in [-0.39, 0.29) is 0 Å². The third-order valence-corrected chi connectivity index (χ3v) is 3.31. The summed E-state index contributed by atoms with van der Waals surface area (Å²) in [5, 5.41) is 3.47. The van der Waals surface area contributed by atoms with Crippen molar-refractivity contribution in [2.24, 2.45) is 0 Å². The van der Waals surface area contributed by atoms with Crippen molar-refractivity contribution in [3.63, 3.8) is 0 Å². The molecule has 120 valence electrons. The molecule has 0 heterocycles. The fourth-order valence-electron chi connectivity index (χ4n) is 2.09. The van der Waals surface area contributed by atoms with E-state index >= 15 is 0 Å². The molecule has 0 spiro atoms. The molecule has 0 atom stereocenters. The summed E-state index contributed by atoms with van der Waals surface area (Å²) in [6.07, 6.45) is 5.15. The molecule has 4 heteroatoms. The van der Waals surface area contributed by atoms with Crippen LogP contribution < -0.4 is 14.8 Å². The fourth-order valence-corrected chi connectivity index (χ4v) is 2.09. The second-order valence-electron chi connectivity index (χ2n) is 5.06. The van der Waals surface area contributed by atoms with Gasteiger partial charge in [0.05, 0.1) is 13.7 Å². The number of benzene rings is 1. The number of hydrogen-bond acceptors (Lipinski definition) is 4. The van der Waals surface area contributed by atoms with Crippen molar-refractivity contribution >= 4 is 0 Å². The lowest BCUT2D eigenvalue weighted by Crippen LogP contribution is -2.14. The van der Waals surface area contributed by atoms with Crippen LogP contribution in [0.4, 0.5) is 0 Å². The van der Waals surface area contributed by atoms with Gasteiger partial charge >= 0.3 is 0 Å². The van der Waals surface area contributed by atoms with E-state index in [9.17, 15) is 0 Å². The Morgan fingerprint density at radius 3 is 2.57 bits per heavy atom. The van der Waals surface area contributed by atoms with Gasteiger partial charge in [-0.15, -0.1) is 0 Å². The van der Waals surface area contributed by atoms with E-state index in [1.807, 2.05) is 12.1 Å². The molecule has 1 N–H and O–H groups in total. The second-order valence-corrected chi connectivity index (χ2v) is 5.06. The van der Waals surface area contributed by atoms with E-state index < -0.39 is 0 Å². The molecule has 0 saturated carbocycles. The predicted molar refractivity (Wildman–Crippen MR) is 86.2 cm³/mol. The van der Waals surface area contributed by atoms with Crippen LogP contribution in [0.2, 0.25) is 0 Å². The maximum absolute atomic E-state index is 5.62. The molecular weight excluding hydrogens is 266 g/mol. The van der Waals surface area contributed by atoms with Crippen molar-refractivity contribution in [3.8, 4) is 11.5 Å². The van der Waals surface area contributed by atoms with Crippen molar-refractivity contribution in [1.82, 2.24) is 5.32 Å². The number of methoxy groups -OCH3 is 2. The average Bonchev–Trinajstić information content (AvgIpc) is 2.52. The van der Waals surface area contributed by atoms with E-state index in [2.05, 4.69) is 18.3 Å². The molecule has 0 unspecified atom stereocenters. The summed E-state index contributed by atoms with van der Waals surface area (Å²) in [4.78, 5) is 0. The van der Waals surface area contributed by atoms with Crippen LogP contribution in [0.15, 0.2) is 18.2 Å². The third-order valence-electron chi connectivity index (χ3n) is 3.31. The summed E-state index contributed by atoms with van der Waals surface area (Å²) in [6, 6.07) is 6.06. The minimum Gasteiger partial charge on any atom is -0.493 e. The largest absolute Gasteiger partial charge is 0.493 e. The van der Waals surface area contributed by atoms with E-state index in [0.29, 0.717) is 13.2 Å². The van der Waals surface area contributed by atoms with Crippen LogP contribution in [0.1, 0.15) is 38.2 Å². The molecule has 0 radical (unpaired) electrons. The van der Waals surface area contributed by atoms with Gasteiger partial charge in [-0.1, -0.05) is 32.3 Å². The van der Waals surface area contributed by atoms with Crippen LogP contribution in [0.3, 0.4) is 0 Å². The number of ether oxygens (including phenoxy) is 3. The van der Waals surface area contributed by atoms with Crippen LogP contribution in [0, 0.1) is 0 Å². The minimum atomic E-state index is 0.530. The highest BCUT2D eigenvalue weighted by molar-refractivity contribution is 5.42. The molecule has 4 nitrogen and oxygen atoms in total. The van der Waals surface area contributed by atoms with Gasteiger partial charge in [0, 0.05) is 13.7 Å². The van der Waals surface area contributed by atoms with Crippen molar-refractivity contribution in [1.29, 1.82) is 0 Å². The molecular formula is C17H29NO3. The number of rotatable bonds is 12. The van der Waals surface area contributed by atoms with Crippen molar-refractivity contribution in [3.05, 3.63) is 23.8 Å². The van der Waals surface area contributed by atoms with E-state index in [1.165, 1.54) is 31.2 Å². The van der Waals surface area contributed by atoms with Gasteiger partial charge in [0.1, 0.15) is 6.61 Å². The summed E-state index contributed by atoms with van der Waals surface area (Å²) in [6.45, 7) is 5.26. The Hall–Kier alpha value is -1.26. The third kappa shape index (κ3) is 7.34. The zero-order valence-corrected chi connectivity index (χ0v) is 13.6. The lowest BCUT2D eigenvalue weighted by molar-refractivity contribution is 0.144. The van der Waals surface area contributed by atoms with Gasteiger partial charge in [-0.2, -0.15) is 0 Å². The molecule has 0 aliphatic heterocycles. The highest BCUT2D eigenvalue weighted by Gasteiger charge is 2.05. The quantitative estimate of drug-likeness (QED) is 0.600. The molecule has 0 aliphatic carbocycles. The number of unbranched alkanes of at least 4 members (excludes halogenated alkanes) is 3. The highest BCUT2D eigenvalue weighted by Crippen LogP contribution is 2.27. The Morgan fingerprint density at radius 2 is 1.86 bits per heavy atom. The first-order chi connectivity index (χ1) is 10.3. The van der Waals surface area contributed by atoms with Crippen LogP contribution in [0.5, 0.6) is 11.5 Å². The first kappa shape index (κ1) is 17.8. The van der Waals surface area contributed by atoms with Crippen LogP contribution >= 0.6 is 0 Å². The molecule has 0 amide bonds. The molecule has 0 saturated heterocycles. The lowest BCUT2D eigenvalue weighted by atomic mass is 10.2. The Morgan fingerprint density at radius 1 is 1.00 bits per heavy atom. The molecule has 0 aromatic heterocycles. The first-order valence-electron chi connectivity index (χ1n) is 7.81. The Bertz CT molecular complexity index is 382. The molecule has 21 heavy (non-hydrogen) atoms. The Balaban J connectivity index is 2.38. The van der Waals surface area contributed by atoms with Crippen LogP contribution in [0.25, 0.3) is 0 Å². The van der Waals surface area contributed by atoms with Crippen molar-refractivity contribution in [2.75, 3.05) is 34.0 Å². The summed E-state index contributed by atoms with van der Waals surface area (Å²) < 4.78 is 16.0. The minimum absolute atomic E-state index is 0.530. The van der Waals surface area contributed by atoms with Crippen molar-refractivity contribution < 1.29 is 14.2 Å². The molecule has 0 aliphatic rings. The highest BCUT2D eigenvalue weighted by atomic mass is 16.5. The van der Waals surface area contributed by atoms with Gasteiger partial charge in [0.15, 0.2) is 11.5 Å². The second kappa shape index (κ2) is 11.4. The Kier molecular flexibility index (Phi) is 9.66. The van der Waals surface area contributed by atoms with Gasteiger partial charge in [-0.25, -0.2) is 0 Å². The van der Waals surface area contributed by atoms with Gasteiger partial charge in [0.2, 0.25) is 0 Å². The van der Waals surface area contributed by atoms with Gasteiger partial charge < -0.3 is 19.5 Å². The smallest absolute Gasteiger partial charge is 0.161 e. The van der Waals surface area contributed by atoms with Crippen LogP contribution in [-0.4, -0.2) is 34.0 Å². The predicted octanol–water partition coefficient (Wildman–Crippen LogP) is 3.39. The normalized spacial score (nSPS) is 10.6. The SMILES string of the molecule is CCCCCCNCc1ccc(OCCOC)c(OC)c1. The topological polar surface area (TPSA) is 39.7 Å². The summed E-state index contributed by atoms with van der Waals surface area (Å²) in [5.74, 6) is 1.54.